The van der Waals surface area contributed by atoms with E-state index >= 15 is 0 Å². The maximum atomic E-state index is 6.31. The van der Waals surface area contributed by atoms with Crippen molar-refractivity contribution in [1.82, 2.24) is 9.97 Å². The normalized spacial score (nSPS) is 29.9. The van der Waals surface area contributed by atoms with E-state index in [1.54, 1.807) is 6.33 Å². The molecule has 1 saturated carbocycles. The molecule has 1 aliphatic heterocycles. The van der Waals surface area contributed by atoms with E-state index < -0.39 is 0 Å². The van der Waals surface area contributed by atoms with Crippen LogP contribution in [0.15, 0.2) is 6.33 Å². The zero-order valence-corrected chi connectivity index (χ0v) is 14.4. The van der Waals surface area contributed by atoms with Crippen molar-refractivity contribution in [1.29, 1.82) is 0 Å². The molecule has 0 aromatic carbocycles. The minimum Gasteiger partial charge on any atom is -0.473 e. The molecular weight excluding hydrogens is 276 g/mol. The molecule has 2 aliphatic rings. The highest BCUT2D eigenvalue weighted by atomic mass is 16.5. The van der Waals surface area contributed by atoms with Crippen molar-refractivity contribution in [3.8, 4) is 5.88 Å². The molecule has 5 nitrogen and oxygen atoms in total. The molecule has 2 bridgehead atoms. The first kappa shape index (κ1) is 15.4. The number of nitrogens with zero attached hydrogens (tertiary/aromatic N) is 3. The average molecular weight is 304 g/mol. The van der Waals surface area contributed by atoms with Crippen molar-refractivity contribution >= 4 is 11.5 Å². The molecule has 0 radical (unpaired) electrons. The predicted octanol–water partition coefficient (Wildman–Crippen LogP) is 3.25. The molecule has 2 atom stereocenters. The van der Waals surface area contributed by atoms with E-state index in [2.05, 4.69) is 35.6 Å². The Morgan fingerprint density at radius 1 is 1.27 bits per heavy atom. The summed E-state index contributed by atoms with van der Waals surface area (Å²) < 4.78 is 5.72. The van der Waals surface area contributed by atoms with Gasteiger partial charge in [-0.3, -0.25) is 0 Å². The SMILES string of the molecule is CC(C)Oc1ncnc(N2CC3(C)CC2CC(C)(C)C3)c1N. The Kier molecular flexibility index (Phi) is 3.49. The molecule has 1 aliphatic carbocycles. The molecule has 2 fully saturated rings. The number of aromatic nitrogens is 2. The molecule has 3 rings (SSSR count). The molecule has 0 spiro atoms. The Labute approximate surface area is 133 Å². The standard InChI is InChI=1S/C17H28N4O/c1-11(2)22-15-13(18)14(19-10-20-15)21-9-17(5)7-12(21)6-16(3,4)8-17/h10-12H,6-9,18H2,1-5H3. The Morgan fingerprint density at radius 3 is 2.68 bits per heavy atom. The number of nitrogen functional groups attached to an aromatic ring is 1. The quantitative estimate of drug-likeness (QED) is 0.928. The maximum Gasteiger partial charge on any atom is 0.242 e. The second-order valence-electron chi connectivity index (χ2n) is 8.42. The summed E-state index contributed by atoms with van der Waals surface area (Å²) in [7, 11) is 0. The zero-order valence-electron chi connectivity index (χ0n) is 14.4. The third-order valence-electron chi connectivity index (χ3n) is 4.86. The van der Waals surface area contributed by atoms with Crippen molar-refractivity contribution in [3.63, 3.8) is 0 Å². The van der Waals surface area contributed by atoms with E-state index in [-0.39, 0.29) is 6.10 Å². The summed E-state index contributed by atoms with van der Waals surface area (Å²) in [6.45, 7) is 12.1. The summed E-state index contributed by atoms with van der Waals surface area (Å²) in [5.74, 6) is 1.35. The fraction of sp³-hybridized carbons (Fsp3) is 0.765. The molecule has 2 unspecified atom stereocenters. The van der Waals surface area contributed by atoms with Gasteiger partial charge >= 0.3 is 0 Å². The molecule has 1 saturated heterocycles. The van der Waals surface area contributed by atoms with Gasteiger partial charge in [0.05, 0.1) is 6.10 Å². The number of anilines is 2. The van der Waals surface area contributed by atoms with E-state index in [4.69, 9.17) is 10.5 Å². The lowest BCUT2D eigenvalue weighted by molar-refractivity contribution is 0.136. The van der Waals surface area contributed by atoms with Crippen LogP contribution in [0.1, 0.15) is 53.9 Å². The van der Waals surface area contributed by atoms with Gasteiger partial charge in [0, 0.05) is 12.6 Å². The van der Waals surface area contributed by atoms with Crippen LogP contribution in [0.4, 0.5) is 11.5 Å². The zero-order chi connectivity index (χ0) is 16.1. The summed E-state index contributed by atoms with van der Waals surface area (Å²) >= 11 is 0. The highest BCUT2D eigenvalue weighted by molar-refractivity contribution is 5.68. The highest BCUT2D eigenvalue weighted by Crippen LogP contribution is 2.54. The Morgan fingerprint density at radius 2 is 2.00 bits per heavy atom. The molecule has 0 amide bonds. The van der Waals surface area contributed by atoms with Gasteiger partial charge < -0.3 is 15.4 Å². The van der Waals surface area contributed by atoms with E-state index in [1.165, 1.54) is 19.3 Å². The van der Waals surface area contributed by atoms with Crippen molar-refractivity contribution < 1.29 is 4.74 Å². The first-order chi connectivity index (χ1) is 10.2. The lowest BCUT2D eigenvalue weighted by Gasteiger charge is -2.39. The topological polar surface area (TPSA) is 64.3 Å². The largest absolute Gasteiger partial charge is 0.473 e. The fourth-order valence-electron chi connectivity index (χ4n) is 4.62. The van der Waals surface area contributed by atoms with Crippen LogP contribution >= 0.6 is 0 Å². The van der Waals surface area contributed by atoms with Crippen LogP contribution in [0.3, 0.4) is 0 Å². The van der Waals surface area contributed by atoms with Crippen molar-refractivity contribution in [2.75, 3.05) is 17.2 Å². The molecule has 1 aromatic rings. The molecule has 2 heterocycles. The van der Waals surface area contributed by atoms with Crippen molar-refractivity contribution in [2.45, 2.75) is 66.0 Å². The maximum absolute atomic E-state index is 6.31. The second kappa shape index (κ2) is 5.00. The van der Waals surface area contributed by atoms with Gasteiger partial charge in [-0.15, -0.1) is 0 Å². The number of rotatable bonds is 3. The number of fused-ring (bicyclic) bond motifs is 2. The number of nitrogens with two attached hydrogens (primary N) is 1. The highest BCUT2D eigenvalue weighted by Gasteiger charge is 2.50. The fourth-order valence-corrected chi connectivity index (χ4v) is 4.62. The number of ether oxygens (including phenoxy) is 1. The summed E-state index contributed by atoms with van der Waals surface area (Å²) in [6, 6.07) is 0.512. The summed E-state index contributed by atoms with van der Waals surface area (Å²) in [6.07, 6.45) is 5.29. The van der Waals surface area contributed by atoms with Crippen LogP contribution in [0.25, 0.3) is 0 Å². The Balaban J connectivity index is 1.92. The summed E-state index contributed by atoms with van der Waals surface area (Å²) in [5, 5.41) is 0. The van der Waals surface area contributed by atoms with Gasteiger partial charge in [0.25, 0.3) is 0 Å². The van der Waals surface area contributed by atoms with E-state index in [1.807, 2.05) is 13.8 Å². The van der Waals surface area contributed by atoms with Crippen LogP contribution in [0, 0.1) is 10.8 Å². The molecule has 2 N–H and O–H groups in total. The van der Waals surface area contributed by atoms with Crippen LogP contribution < -0.4 is 15.4 Å². The third kappa shape index (κ3) is 2.73. The third-order valence-corrected chi connectivity index (χ3v) is 4.86. The molecular formula is C17H28N4O. The van der Waals surface area contributed by atoms with Gasteiger partial charge in [0.2, 0.25) is 5.88 Å². The van der Waals surface area contributed by atoms with Gasteiger partial charge in [-0.25, -0.2) is 4.98 Å². The number of hydrogen-bond acceptors (Lipinski definition) is 5. The monoisotopic (exact) mass is 304 g/mol. The summed E-state index contributed by atoms with van der Waals surface area (Å²) in [5.41, 5.74) is 7.62. The van der Waals surface area contributed by atoms with E-state index in [9.17, 15) is 0 Å². The number of hydrogen-bond donors (Lipinski definition) is 1. The van der Waals surface area contributed by atoms with Crippen LogP contribution in [0.5, 0.6) is 5.88 Å². The second-order valence-corrected chi connectivity index (χ2v) is 8.42. The van der Waals surface area contributed by atoms with Gasteiger partial charge in [-0.1, -0.05) is 20.8 Å². The molecule has 5 heteroatoms. The molecule has 22 heavy (non-hydrogen) atoms. The van der Waals surface area contributed by atoms with Crippen LogP contribution in [-0.4, -0.2) is 28.7 Å². The molecule has 122 valence electrons. The van der Waals surface area contributed by atoms with Gasteiger partial charge in [-0.2, -0.15) is 4.98 Å². The van der Waals surface area contributed by atoms with Crippen LogP contribution in [-0.2, 0) is 0 Å². The Hall–Kier alpha value is -1.52. The lowest BCUT2D eigenvalue weighted by Crippen LogP contribution is -2.35. The Bertz CT molecular complexity index is 572. The minimum absolute atomic E-state index is 0.0549. The lowest BCUT2D eigenvalue weighted by atomic mass is 9.65. The molecule has 1 aromatic heterocycles. The smallest absolute Gasteiger partial charge is 0.242 e. The first-order valence-electron chi connectivity index (χ1n) is 8.23. The van der Waals surface area contributed by atoms with E-state index in [0.717, 1.165) is 12.4 Å². The predicted molar refractivity (Wildman–Crippen MR) is 89.1 cm³/mol. The van der Waals surface area contributed by atoms with Gasteiger partial charge in [0.1, 0.15) is 12.0 Å². The van der Waals surface area contributed by atoms with Crippen LogP contribution in [0.2, 0.25) is 0 Å². The van der Waals surface area contributed by atoms with Gasteiger partial charge in [0.15, 0.2) is 5.82 Å². The minimum atomic E-state index is 0.0549. The first-order valence-corrected chi connectivity index (χ1v) is 8.23. The van der Waals surface area contributed by atoms with E-state index in [0.29, 0.717) is 28.4 Å². The van der Waals surface area contributed by atoms with Gasteiger partial charge in [-0.05, 0) is 43.9 Å². The summed E-state index contributed by atoms with van der Waals surface area (Å²) in [4.78, 5) is 11.1. The van der Waals surface area contributed by atoms with Crippen molar-refractivity contribution in [3.05, 3.63) is 6.33 Å². The average Bonchev–Trinajstić information content (AvgIpc) is 2.60. The van der Waals surface area contributed by atoms with Crippen molar-refractivity contribution in [2.24, 2.45) is 10.8 Å².